The second-order valence-electron chi connectivity index (χ2n) is 5.62. The zero-order chi connectivity index (χ0) is 13.9. The van der Waals surface area contributed by atoms with Crippen LogP contribution in [0.1, 0.15) is 43.5 Å². The molecule has 0 aliphatic rings. The van der Waals surface area contributed by atoms with Crippen LogP contribution in [0, 0.1) is 19.7 Å². The highest BCUT2D eigenvalue weighted by molar-refractivity contribution is 8.00. The number of thioether (sulfide) groups is 1. The van der Waals surface area contributed by atoms with Crippen molar-refractivity contribution in [2.75, 3.05) is 5.75 Å². The maximum atomic E-state index is 14.1. The van der Waals surface area contributed by atoms with Crippen LogP contribution >= 0.6 is 11.8 Å². The van der Waals surface area contributed by atoms with Crippen LogP contribution in [-0.2, 0) is 0 Å². The van der Waals surface area contributed by atoms with E-state index < -0.39 is 0 Å². The summed E-state index contributed by atoms with van der Waals surface area (Å²) in [6.45, 7) is 10.3. The Labute approximate surface area is 113 Å². The Morgan fingerprint density at radius 1 is 1.33 bits per heavy atom. The lowest BCUT2D eigenvalue weighted by Gasteiger charge is -2.24. The zero-order valence-corrected chi connectivity index (χ0v) is 12.6. The van der Waals surface area contributed by atoms with Crippen LogP contribution in [-0.4, -0.2) is 10.5 Å². The van der Waals surface area contributed by atoms with E-state index in [2.05, 4.69) is 26.2 Å². The maximum Gasteiger partial charge on any atom is 0.128 e. The predicted molar refractivity (Wildman–Crippen MR) is 78.1 cm³/mol. The lowest BCUT2D eigenvalue weighted by molar-refractivity contribution is 0.541. The van der Waals surface area contributed by atoms with Gasteiger partial charge in [-0.2, -0.15) is 11.8 Å². The third-order valence-corrected chi connectivity index (χ3v) is 4.08. The normalized spacial score (nSPS) is 13.7. The average molecular weight is 270 g/mol. The number of rotatable bonds is 4. The van der Waals surface area contributed by atoms with Crippen LogP contribution in [0.15, 0.2) is 12.1 Å². The maximum absolute atomic E-state index is 14.1. The van der Waals surface area contributed by atoms with E-state index in [0.29, 0.717) is 5.56 Å². The lowest BCUT2D eigenvalue weighted by Crippen LogP contribution is -2.32. The van der Waals surface area contributed by atoms with Crippen LogP contribution in [0.25, 0.3) is 0 Å². The number of nitrogens with two attached hydrogens (primary N) is 1. The molecular formula is C14H23FN2S. The van der Waals surface area contributed by atoms with E-state index in [1.807, 2.05) is 19.9 Å². The summed E-state index contributed by atoms with van der Waals surface area (Å²) in [6, 6.07) is 3.40. The molecule has 0 radical (unpaired) electrons. The molecule has 1 atom stereocenters. The summed E-state index contributed by atoms with van der Waals surface area (Å²) < 4.78 is 14.2. The third-order valence-electron chi connectivity index (χ3n) is 2.71. The van der Waals surface area contributed by atoms with E-state index in [-0.39, 0.29) is 16.6 Å². The predicted octanol–water partition coefficient (Wildman–Crippen LogP) is 3.48. The quantitative estimate of drug-likeness (QED) is 0.650. The number of hydrogen-bond acceptors (Lipinski definition) is 3. The molecule has 0 aromatic heterocycles. The third kappa shape index (κ3) is 4.26. The van der Waals surface area contributed by atoms with E-state index in [9.17, 15) is 4.39 Å². The molecule has 1 unspecified atom stereocenters. The minimum Gasteiger partial charge on any atom is -0.271 e. The molecule has 0 heterocycles. The van der Waals surface area contributed by atoms with Gasteiger partial charge in [-0.25, -0.2) is 4.39 Å². The molecule has 0 amide bonds. The lowest BCUT2D eigenvalue weighted by atomic mass is 10.00. The van der Waals surface area contributed by atoms with E-state index in [1.165, 1.54) is 0 Å². The highest BCUT2D eigenvalue weighted by Gasteiger charge is 2.20. The summed E-state index contributed by atoms with van der Waals surface area (Å²) in [5.41, 5.74) is 5.30. The summed E-state index contributed by atoms with van der Waals surface area (Å²) >= 11 is 1.77. The van der Waals surface area contributed by atoms with Gasteiger partial charge in [0.05, 0.1) is 6.04 Å². The molecule has 0 saturated carbocycles. The van der Waals surface area contributed by atoms with E-state index in [1.54, 1.807) is 17.8 Å². The molecule has 0 spiro atoms. The topological polar surface area (TPSA) is 38.0 Å². The smallest absolute Gasteiger partial charge is 0.128 e. The Kier molecular flexibility index (Phi) is 5.20. The van der Waals surface area contributed by atoms with Gasteiger partial charge in [0, 0.05) is 16.1 Å². The molecule has 0 bridgehead atoms. The molecule has 2 nitrogen and oxygen atoms in total. The van der Waals surface area contributed by atoms with Crippen molar-refractivity contribution in [1.82, 2.24) is 5.43 Å². The number of benzene rings is 1. The standard InChI is InChI=1S/C14H23FN2S/c1-9-6-10(2)13(11(15)7-9)12(17-16)8-18-14(3,4)5/h6-7,12,17H,8,16H2,1-5H3. The SMILES string of the molecule is Cc1cc(C)c(C(CSC(C)(C)C)NN)c(F)c1. The highest BCUT2D eigenvalue weighted by Crippen LogP contribution is 2.30. The van der Waals surface area contributed by atoms with Crippen LogP contribution in [0.2, 0.25) is 0 Å². The second-order valence-corrected chi connectivity index (χ2v) is 7.47. The molecule has 1 aromatic carbocycles. The van der Waals surface area contributed by atoms with Crippen molar-refractivity contribution < 1.29 is 4.39 Å². The van der Waals surface area contributed by atoms with Crippen molar-refractivity contribution in [2.45, 2.75) is 45.4 Å². The van der Waals surface area contributed by atoms with Crippen molar-refractivity contribution in [1.29, 1.82) is 0 Å². The first kappa shape index (κ1) is 15.5. The number of halogens is 1. The fourth-order valence-electron chi connectivity index (χ4n) is 1.92. The summed E-state index contributed by atoms with van der Waals surface area (Å²) in [5, 5.41) is 0. The van der Waals surface area contributed by atoms with Crippen molar-refractivity contribution in [3.8, 4) is 0 Å². The van der Waals surface area contributed by atoms with Gasteiger partial charge in [-0.15, -0.1) is 0 Å². The van der Waals surface area contributed by atoms with Crippen molar-refractivity contribution in [3.05, 3.63) is 34.6 Å². The Balaban J connectivity index is 2.95. The minimum atomic E-state index is -0.176. The molecule has 1 rings (SSSR count). The largest absolute Gasteiger partial charge is 0.271 e. The summed E-state index contributed by atoms with van der Waals surface area (Å²) in [4.78, 5) is 0. The van der Waals surface area contributed by atoms with Gasteiger partial charge < -0.3 is 0 Å². The monoisotopic (exact) mass is 270 g/mol. The number of hydrazine groups is 1. The Bertz CT molecular complexity index is 390. The van der Waals surface area contributed by atoms with Crippen LogP contribution in [0.4, 0.5) is 4.39 Å². The molecular weight excluding hydrogens is 247 g/mol. The molecule has 3 N–H and O–H groups in total. The molecule has 0 fully saturated rings. The van der Waals surface area contributed by atoms with Crippen LogP contribution in [0.3, 0.4) is 0 Å². The van der Waals surface area contributed by atoms with E-state index in [0.717, 1.165) is 16.9 Å². The van der Waals surface area contributed by atoms with Crippen molar-refractivity contribution in [3.63, 3.8) is 0 Å². The van der Waals surface area contributed by atoms with Gasteiger partial charge in [0.15, 0.2) is 0 Å². The highest BCUT2D eigenvalue weighted by atomic mass is 32.2. The van der Waals surface area contributed by atoms with Crippen LogP contribution < -0.4 is 11.3 Å². The van der Waals surface area contributed by atoms with Crippen LogP contribution in [0.5, 0.6) is 0 Å². The number of nitrogens with one attached hydrogen (secondary N) is 1. The van der Waals surface area contributed by atoms with Crippen molar-refractivity contribution in [2.24, 2.45) is 5.84 Å². The summed E-state index contributed by atoms with van der Waals surface area (Å²) in [7, 11) is 0. The first-order valence-electron chi connectivity index (χ1n) is 6.11. The van der Waals surface area contributed by atoms with Gasteiger partial charge >= 0.3 is 0 Å². The first-order chi connectivity index (χ1) is 8.24. The Morgan fingerprint density at radius 3 is 2.39 bits per heavy atom. The fraction of sp³-hybridized carbons (Fsp3) is 0.571. The molecule has 18 heavy (non-hydrogen) atoms. The average Bonchev–Trinajstić information content (AvgIpc) is 2.20. The fourth-order valence-corrected chi connectivity index (χ4v) is 2.85. The Morgan fingerprint density at radius 2 is 1.94 bits per heavy atom. The van der Waals surface area contributed by atoms with Gasteiger partial charge in [0.1, 0.15) is 5.82 Å². The van der Waals surface area contributed by atoms with E-state index in [4.69, 9.17) is 5.84 Å². The van der Waals surface area contributed by atoms with Gasteiger partial charge in [-0.05, 0) is 31.0 Å². The van der Waals surface area contributed by atoms with Gasteiger partial charge in [-0.3, -0.25) is 11.3 Å². The molecule has 0 aliphatic heterocycles. The minimum absolute atomic E-state index is 0.143. The second kappa shape index (κ2) is 6.04. The zero-order valence-electron chi connectivity index (χ0n) is 11.8. The summed E-state index contributed by atoms with van der Waals surface area (Å²) in [6.07, 6.45) is 0. The first-order valence-corrected chi connectivity index (χ1v) is 7.10. The van der Waals surface area contributed by atoms with E-state index >= 15 is 0 Å². The Hall–Kier alpha value is -0.580. The van der Waals surface area contributed by atoms with Gasteiger partial charge in [-0.1, -0.05) is 26.8 Å². The molecule has 0 saturated heterocycles. The molecule has 1 aromatic rings. The molecule has 4 heteroatoms. The number of aryl methyl sites for hydroxylation is 2. The number of hydrogen-bond donors (Lipinski definition) is 2. The van der Waals surface area contributed by atoms with Gasteiger partial charge in [0.25, 0.3) is 0 Å². The summed E-state index contributed by atoms with van der Waals surface area (Å²) in [5.74, 6) is 6.15. The molecule has 0 aliphatic carbocycles. The van der Waals surface area contributed by atoms with Gasteiger partial charge in [0.2, 0.25) is 0 Å². The van der Waals surface area contributed by atoms with Crippen molar-refractivity contribution >= 4 is 11.8 Å². The molecule has 102 valence electrons.